The molecule has 1 aliphatic rings. The highest BCUT2D eigenvalue weighted by atomic mass is 16.5. The number of carbonyl (C=O) groups excluding carboxylic acids is 1. The fourth-order valence-electron chi connectivity index (χ4n) is 2.96. The van der Waals surface area contributed by atoms with E-state index < -0.39 is 0 Å². The fraction of sp³-hybridized carbons (Fsp3) is 0.500. The van der Waals surface area contributed by atoms with E-state index in [1.165, 1.54) is 11.1 Å². The second kappa shape index (κ2) is 6.87. The molecule has 2 aromatic heterocycles. The van der Waals surface area contributed by atoms with Crippen LogP contribution in [-0.4, -0.2) is 57.4 Å². The molecule has 1 fully saturated rings. The molecular formula is C16H21N5O2. The number of likely N-dealkylation sites (tertiary alicyclic amines) is 1. The monoisotopic (exact) mass is 315 g/mol. The number of nitrogens with zero attached hydrogens (tertiary/aromatic N) is 5. The smallest absolute Gasteiger partial charge is 0.223 e. The van der Waals surface area contributed by atoms with Gasteiger partial charge in [-0.3, -0.25) is 9.36 Å². The Morgan fingerprint density at radius 1 is 1.35 bits per heavy atom. The highest BCUT2D eigenvalue weighted by molar-refractivity contribution is 5.78. The first-order chi connectivity index (χ1) is 11.2. The zero-order valence-electron chi connectivity index (χ0n) is 13.5. The van der Waals surface area contributed by atoms with Gasteiger partial charge in [-0.25, -0.2) is 4.98 Å². The van der Waals surface area contributed by atoms with Crippen molar-refractivity contribution in [3.8, 4) is 5.82 Å². The molecule has 0 radical (unpaired) electrons. The van der Waals surface area contributed by atoms with E-state index in [1.807, 2.05) is 17.2 Å². The Labute approximate surface area is 135 Å². The average Bonchev–Trinajstić information content (AvgIpc) is 3.17. The van der Waals surface area contributed by atoms with Gasteiger partial charge in [0, 0.05) is 32.8 Å². The van der Waals surface area contributed by atoms with Crippen LogP contribution in [0.2, 0.25) is 0 Å². The minimum absolute atomic E-state index is 0.221. The van der Waals surface area contributed by atoms with Crippen LogP contribution in [0.3, 0.4) is 0 Å². The Hall–Kier alpha value is -2.28. The quantitative estimate of drug-likeness (QED) is 0.795. The van der Waals surface area contributed by atoms with Crippen LogP contribution in [0.15, 0.2) is 24.9 Å². The molecule has 7 nitrogen and oxygen atoms in total. The van der Waals surface area contributed by atoms with Crippen molar-refractivity contribution in [1.82, 2.24) is 24.6 Å². The predicted octanol–water partition coefficient (Wildman–Crippen LogP) is 1.01. The molecule has 7 heteroatoms. The lowest BCUT2D eigenvalue weighted by Crippen LogP contribution is -2.28. The van der Waals surface area contributed by atoms with Gasteiger partial charge in [0.25, 0.3) is 0 Å². The van der Waals surface area contributed by atoms with Crippen molar-refractivity contribution in [2.45, 2.75) is 19.8 Å². The Kier molecular flexibility index (Phi) is 4.66. The predicted molar refractivity (Wildman–Crippen MR) is 84.2 cm³/mol. The van der Waals surface area contributed by atoms with Crippen LogP contribution in [0.5, 0.6) is 0 Å². The molecule has 0 spiro atoms. The number of methoxy groups -OCH3 is 1. The van der Waals surface area contributed by atoms with E-state index >= 15 is 0 Å². The summed E-state index contributed by atoms with van der Waals surface area (Å²) in [6.07, 6.45) is 6.63. The summed E-state index contributed by atoms with van der Waals surface area (Å²) in [5, 5.41) is 7.59. The zero-order valence-corrected chi connectivity index (χ0v) is 13.5. The first-order valence-corrected chi connectivity index (χ1v) is 7.74. The minimum atomic E-state index is 0.221. The number of pyridine rings is 1. The van der Waals surface area contributed by atoms with Crippen molar-refractivity contribution in [2.24, 2.45) is 5.92 Å². The second-order valence-electron chi connectivity index (χ2n) is 5.94. The molecule has 0 aromatic carbocycles. The molecule has 0 aliphatic carbocycles. The molecule has 1 atom stereocenters. The van der Waals surface area contributed by atoms with Gasteiger partial charge >= 0.3 is 0 Å². The van der Waals surface area contributed by atoms with Gasteiger partial charge in [0.15, 0.2) is 0 Å². The SMILES string of the molecule is COCCN1C[C@H](Cc2cnc(-n3cnnc3)cc2C)CC1=O. The maximum absolute atomic E-state index is 12.0. The van der Waals surface area contributed by atoms with E-state index in [1.54, 1.807) is 24.3 Å². The van der Waals surface area contributed by atoms with E-state index in [9.17, 15) is 4.79 Å². The third-order valence-electron chi connectivity index (χ3n) is 4.26. The van der Waals surface area contributed by atoms with Crippen molar-refractivity contribution < 1.29 is 9.53 Å². The second-order valence-corrected chi connectivity index (χ2v) is 5.94. The van der Waals surface area contributed by atoms with E-state index in [0.29, 0.717) is 25.5 Å². The minimum Gasteiger partial charge on any atom is -0.383 e. The number of rotatable bonds is 6. The maximum atomic E-state index is 12.0. The van der Waals surface area contributed by atoms with Gasteiger partial charge in [-0.05, 0) is 36.5 Å². The van der Waals surface area contributed by atoms with Crippen molar-refractivity contribution in [3.63, 3.8) is 0 Å². The van der Waals surface area contributed by atoms with E-state index in [2.05, 4.69) is 22.1 Å². The molecule has 3 heterocycles. The first kappa shape index (κ1) is 15.6. The number of carbonyl (C=O) groups is 1. The number of hydrogen-bond donors (Lipinski definition) is 0. The first-order valence-electron chi connectivity index (χ1n) is 7.74. The lowest BCUT2D eigenvalue weighted by Gasteiger charge is -2.16. The summed E-state index contributed by atoms with van der Waals surface area (Å²) in [7, 11) is 1.66. The molecule has 0 bridgehead atoms. The molecule has 3 rings (SSSR count). The highest BCUT2D eigenvalue weighted by Crippen LogP contribution is 2.23. The Morgan fingerprint density at radius 3 is 2.83 bits per heavy atom. The van der Waals surface area contributed by atoms with Gasteiger partial charge in [-0.15, -0.1) is 10.2 Å². The largest absolute Gasteiger partial charge is 0.383 e. The number of hydrogen-bond acceptors (Lipinski definition) is 5. The molecule has 23 heavy (non-hydrogen) atoms. The molecule has 1 aliphatic heterocycles. The van der Waals surface area contributed by atoms with Gasteiger partial charge in [0.1, 0.15) is 18.5 Å². The summed E-state index contributed by atoms with van der Waals surface area (Å²) in [5.41, 5.74) is 2.36. The van der Waals surface area contributed by atoms with Crippen LogP contribution in [0.4, 0.5) is 0 Å². The lowest BCUT2D eigenvalue weighted by atomic mass is 9.97. The van der Waals surface area contributed by atoms with Gasteiger partial charge in [-0.1, -0.05) is 0 Å². The third-order valence-corrected chi connectivity index (χ3v) is 4.26. The molecule has 1 amide bonds. The molecule has 2 aromatic rings. The molecule has 0 unspecified atom stereocenters. The lowest BCUT2D eigenvalue weighted by molar-refractivity contribution is -0.128. The van der Waals surface area contributed by atoms with Crippen LogP contribution >= 0.6 is 0 Å². The van der Waals surface area contributed by atoms with Crippen LogP contribution in [-0.2, 0) is 16.0 Å². The summed E-state index contributed by atoms with van der Waals surface area (Å²) in [6.45, 7) is 4.14. The average molecular weight is 315 g/mol. The number of amides is 1. The van der Waals surface area contributed by atoms with Crippen LogP contribution in [0, 0.1) is 12.8 Å². The van der Waals surface area contributed by atoms with Crippen molar-refractivity contribution in [1.29, 1.82) is 0 Å². The third kappa shape index (κ3) is 3.56. The molecule has 0 N–H and O–H groups in total. The van der Waals surface area contributed by atoms with Crippen molar-refractivity contribution in [2.75, 3.05) is 26.8 Å². The Bertz CT molecular complexity index is 671. The van der Waals surface area contributed by atoms with Gasteiger partial charge in [-0.2, -0.15) is 0 Å². The molecule has 0 saturated carbocycles. The van der Waals surface area contributed by atoms with Crippen molar-refractivity contribution in [3.05, 3.63) is 36.0 Å². The molecule has 122 valence electrons. The number of aromatic nitrogens is 4. The van der Waals surface area contributed by atoms with Gasteiger partial charge < -0.3 is 9.64 Å². The van der Waals surface area contributed by atoms with E-state index in [4.69, 9.17) is 4.74 Å². The van der Waals surface area contributed by atoms with Gasteiger partial charge in [0.2, 0.25) is 5.91 Å². The molecule has 1 saturated heterocycles. The Morgan fingerprint density at radius 2 is 2.13 bits per heavy atom. The van der Waals surface area contributed by atoms with Crippen LogP contribution < -0.4 is 0 Å². The molecular weight excluding hydrogens is 294 g/mol. The summed E-state index contributed by atoms with van der Waals surface area (Å²) in [6, 6.07) is 2.03. The van der Waals surface area contributed by atoms with E-state index in [0.717, 1.165) is 18.8 Å². The fourth-order valence-corrected chi connectivity index (χ4v) is 2.96. The van der Waals surface area contributed by atoms with Crippen LogP contribution in [0.1, 0.15) is 17.5 Å². The summed E-state index contributed by atoms with van der Waals surface area (Å²) in [4.78, 5) is 18.4. The van der Waals surface area contributed by atoms with Crippen molar-refractivity contribution >= 4 is 5.91 Å². The van der Waals surface area contributed by atoms with Gasteiger partial charge in [0.05, 0.1) is 6.61 Å². The Balaban J connectivity index is 1.66. The van der Waals surface area contributed by atoms with Crippen LogP contribution in [0.25, 0.3) is 5.82 Å². The zero-order chi connectivity index (χ0) is 16.2. The number of aryl methyl sites for hydroxylation is 1. The summed E-state index contributed by atoms with van der Waals surface area (Å²) < 4.78 is 6.84. The standard InChI is InChI=1S/C16H21N5O2/c1-12-5-15(21-10-18-19-11-21)17-8-14(12)6-13-7-16(22)20(9-13)3-4-23-2/h5,8,10-11,13H,3-4,6-7,9H2,1-2H3/t13-/m1/s1. The number of ether oxygens (including phenoxy) is 1. The summed E-state index contributed by atoms with van der Waals surface area (Å²) >= 11 is 0. The van der Waals surface area contributed by atoms with E-state index in [-0.39, 0.29) is 5.91 Å². The highest BCUT2D eigenvalue weighted by Gasteiger charge is 2.29. The summed E-state index contributed by atoms with van der Waals surface area (Å²) in [5.74, 6) is 1.37. The normalized spacial score (nSPS) is 17.9. The maximum Gasteiger partial charge on any atom is 0.223 e. The topological polar surface area (TPSA) is 73.1 Å².